The topological polar surface area (TPSA) is 85.6 Å². The molecule has 0 spiro atoms. The number of fused-ring (bicyclic) bond motifs is 1. The molecule has 0 fully saturated rings. The third kappa shape index (κ3) is 3.77. The second kappa shape index (κ2) is 7.61. The van der Waals surface area contributed by atoms with Crippen LogP contribution < -0.4 is 15.6 Å². The first-order valence-corrected chi connectivity index (χ1v) is 9.36. The highest BCUT2D eigenvalue weighted by Gasteiger charge is 2.14. The molecule has 0 aliphatic rings. The Morgan fingerprint density at radius 1 is 1.14 bits per heavy atom. The van der Waals surface area contributed by atoms with Crippen molar-refractivity contribution in [1.82, 2.24) is 14.6 Å². The Hall–Kier alpha value is -3.52. The summed E-state index contributed by atoms with van der Waals surface area (Å²) >= 11 is 1.28. The number of ether oxygens (including phenoxy) is 1. The smallest absolute Gasteiger partial charge is 0.275 e. The highest BCUT2D eigenvalue weighted by molar-refractivity contribution is 7.16. The van der Waals surface area contributed by atoms with Gasteiger partial charge >= 0.3 is 0 Å². The summed E-state index contributed by atoms with van der Waals surface area (Å²) in [6.45, 7) is 1.89. The molecule has 4 aromatic rings. The average molecular weight is 392 g/mol. The van der Waals surface area contributed by atoms with E-state index in [0.717, 1.165) is 0 Å². The molecule has 0 radical (unpaired) electrons. The molecule has 0 bridgehead atoms. The number of para-hydroxylation sites is 2. The summed E-state index contributed by atoms with van der Waals surface area (Å²) in [5.41, 5.74) is 1.53. The molecule has 140 valence electrons. The first kappa shape index (κ1) is 17.9. The molecular formula is C20H16N4O3S. The molecule has 0 aliphatic heterocycles. The molecule has 7 nitrogen and oxygen atoms in total. The fraction of sp³-hybridized carbons (Fsp3) is 0.100. The number of anilines is 1. The van der Waals surface area contributed by atoms with Crippen LogP contribution in [-0.2, 0) is 6.61 Å². The largest absolute Gasteiger partial charge is 0.486 e. The lowest BCUT2D eigenvalue weighted by Gasteiger charge is -2.10. The summed E-state index contributed by atoms with van der Waals surface area (Å²) in [6.07, 6.45) is 0. The Bertz CT molecular complexity index is 1200. The van der Waals surface area contributed by atoms with Gasteiger partial charge in [-0.15, -0.1) is 0 Å². The molecule has 2 aromatic heterocycles. The monoisotopic (exact) mass is 392 g/mol. The zero-order valence-electron chi connectivity index (χ0n) is 15.0. The standard InChI is InChI=1S/C20H16N4O3S/c1-13-11-18(25)24-20(21-13)28-17(23-24)12-27-16-10-6-5-9-15(16)19(26)22-14-7-3-2-4-8-14/h2-11H,12H2,1H3,(H,22,26). The van der Waals surface area contributed by atoms with Gasteiger partial charge in [0.1, 0.15) is 12.4 Å². The minimum Gasteiger partial charge on any atom is -0.486 e. The quantitative estimate of drug-likeness (QED) is 0.563. The number of amides is 1. The van der Waals surface area contributed by atoms with Crippen molar-refractivity contribution in [2.45, 2.75) is 13.5 Å². The van der Waals surface area contributed by atoms with Crippen molar-refractivity contribution in [3.63, 3.8) is 0 Å². The zero-order valence-corrected chi connectivity index (χ0v) is 15.8. The van der Waals surface area contributed by atoms with E-state index in [1.165, 1.54) is 21.9 Å². The Labute approximate surface area is 164 Å². The van der Waals surface area contributed by atoms with Gasteiger partial charge in [0.2, 0.25) is 4.96 Å². The third-order valence-electron chi connectivity index (χ3n) is 3.93. The number of nitrogens with one attached hydrogen (secondary N) is 1. The van der Waals surface area contributed by atoms with Crippen LogP contribution in [0, 0.1) is 6.92 Å². The van der Waals surface area contributed by atoms with E-state index in [2.05, 4.69) is 15.4 Å². The fourth-order valence-electron chi connectivity index (χ4n) is 2.66. The molecule has 8 heteroatoms. The van der Waals surface area contributed by atoms with E-state index in [-0.39, 0.29) is 18.1 Å². The lowest BCUT2D eigenvalue weighted by molar-refractivity contribution is 0.102. The first-order chi connectivity index (χ1) is 13.6. The van der Waals surface area contributed by atoms with Gasteiger partial charge in [0.15, 0.2) is 5.01 Å². The summed E-state index contributed by atoms with van der Waals surface area (Å²) in [4.78, 5) is 29.4. The second-order valence-corrected chi connectivity index (χ2v) is 7.07. The number of aryl methyl sites for hydroxylation is 1. The van der Waals surface area contributed by atoms with E-state index < -0.39 is 0 Å². The number of carbonyl (C=O) groups excluding carboxylic acids is 1. The molecule has 28 heavy (non-hydrogen) atoms. The van der Waals surface area contributed by atoms with Crippen LogP contribution in [0.5, 0.6) is 5.75 Å². The second-order valence-electron chi connectivity index (χ2n) is 6.03. The van der Waals surface area contributed by atoms with Gasteiger partial charge in [-0.2, -0.15) is 9.61 Å². The lowest BCUT2D eigenvalue weighted by atomic mass is 10.2. The number of hydrogen-bond donors (Lipinski definition) is 1. The molecule has 0 unspecified atom stereocenters. The highest BCUT2D eigenvalue weighted by Crippen LogP contribution is 2.22. The van der Waals surface area contributed by atoms with Gasteiger partial charge < -0.3 is 10.1 Å². The van der Waals surface area contributed by atoms with Crippen molar-refractivity contribution in [3.05, 3.63) is 87.3 Å². The first-order valence-electron chi connectivity index (χ1n) is 8.55. The molecule has 0 atom stereocenters. The number of carbonyl (C=O) groups is 1. The number of rotatable bonds is 5. The van der Waals surface area contributed by atoms with Crippen LogP contribution in [0.3, 0.4) is 0 Å². The number of aromatic nitrogens is 3. The van der Waals surface area contributed by atoms with Gasteiger partial charge in [-0.1, -0.05) is 41.7 Å². The van der Waals surface area contributed by atoms with E-state index in [0.29, 0.717) is 32.7 Å². The summed E-state index contributed by atoms with van der Waals surface area (Å²) in [5.74, 6) is 0.172. The Morgan fingerprint density at radius 2 is 1.89 bits per heavy atom. The zero-order chi connectivity index (χ0) is 19.5. The molecule has 2 heterocycles. The molecule has 1 amide bonds. The maximum atomic E-state index is 12.6. The molecule has 2 aromatic carbocycles. The minimum absolute atomic E-state index is 0.127. The maximum Gasteiger partial charge on any atom is 0.275 e. The molecule has 0 saturated heterocycles. The number of hydrogen-bond acceptors (Lipinski definition) is 6. The van der Waals surface area contributed by atoms with Crippen molar-refractivity contribution >= 4 is 27.9 Å². The van der Waals surface area contributed by atoms with Crippen molar-refractivity contribution in [2.24, 2.45) is 0 Å². The Morgan fingerprint density at radius 3 is 2.71 bits per heavy atom. The minimum atomic E-state index is -0.264. The summed E-state index contributed by atoms with van der Waals surface area (Å²) in [5, 5.41) is 7.68. The van der Waals surface area contributed by atoms with Crippen LogP contribution >= 0.6 is 11.3 Å². The van der Waals surface area contributed by atoms with Gasteiger partial charge in [0.05, 0.1) is 5.56 Å². The number of benzene rings is 2. The van der Waals surface area contributed by atoms with E-state index in [9.17, 15) is 9.59 Å². The molecule has 1 N–H and O–H groups in total. The van der Waals surface area contributed by atoms with Gasteiger partial charge in [0, 0.05) is 17.4 Å². The van der Waals surface area contributed by atoms with Crippen molar-refractivity contribution < 1.29 is 9.53 Å². The molecule has 0 aliphatic carbocycles. The average Bonchev–Trinajstić information content (AvgIpc) is 3.10. The normalized spacial score (nSPS) is 10.8. The Kier molecular flexibility index (Phi) is 4.86. The Balaban J connectivity index is 1.54. The van der Waals surface area contributed by atoms with Gasteiger partial charge in [-0.3, -0.25) is 9.59 Å². The highest BCUT2D eigenvalue weighted by atomic mass is 32.1. The predicted molar refractivity (Wildman–Crippen MR) is 107 cm³/mol. The van der Waals surface area contributed by atoms with Crippen LogP contribution in [0.25, 0.3) is 4.96 Å². The van der Waals surface area contributed by atoms with Crippen molar-refractivity contribution in [3.8, 4) is 5.75 Å². The van der Waals surface area contributed by atoms with Gasteiger partial charge in [0.25, 0.3) is 11.5 Å². The summed E-state index contributed by atoms with van der Waals surface area (Å²) < 4.78 is 7.08. The van der Waals surface area contributed by atoms with Crippen LogP contribution in [0.15, 0.2) is 65.5 Å². The van der Waals surface area contributed by atoms with Crippen LogP contribution in [0.1, 0.15) is 21.1 Å². The van der Waals surface area contributed by atoms with Crippen LogP contribution in [-0.4, -0.2) is 20.5 Å². The van der Waals surface area contributed by atoms with Crippen molar-refractivity contribution in [2.75, 3.05) is 5.32 Å². The molecule has 4 rings (SSSR count). The van der Waals surface area contributed by atoms with Crippen molar-refractivity contribution in [1.29, 1.82) is 0 Å². The predicted octanol–water partition coefficient (Wildman–Crippen LogP) is 3.29. The molecular weight excluding hydrogens is 376 g/mol. The summed E-state index contributed by atoms with van der Waals surface area (Å²) in [6, 6.07) is 17.6. The van der Waals surface area contributed by atoms with Gasteiger partial charge in [-0.25, -0.2) is 4.98 Å². The maximum absolute atomic E-state index is 12.6. The summed E-state index contributed by atoms with van der Waals surface area (Å²) in [7, 11) is 0. The van der Waals surface area contributed by atoms with Gasteiger partial charge in [-0.05, 0) is 31.2 Å². The SMILES string of the molecule is Cc1cc(=O)n2nc(COc3ccccc3C(=O)Nc3ccccc3)sc2n1. The lowest BCUT2D eigenvalue weighted by Crippen LogP contribution is -2.15. The number of nitrogens with zero attached hydrogens (tertiary/aromatic N) is 3. The van der Waals surface area contributed by atoms with E-state index in [4.69, 9.17) is 4.74 Å². The fourth-order valence-corrected chi connectivity index (χ4v) is 3.52. The van der Waals surface area contributed by atoms with Crippen LogP contribution in [0.4, 0.5) is 5.69 Å². The van der Waals surface area contributed by atoms with E-state index in [1.807, 2.05) is 30.3 Å². The third-order valence-corrected chi connectivity index (χ3v) is 4.81. The van der Waals surface area contributed by atoms with Crippen LogP contribution in [0.2, 0.25) is 0 Å². The van der Waals surface area contributed by atoms with E-state index >= 15 is 0 Å². The molecule has 0 saturated carbocycles. The van der Waals surface area contributed by atoms with E-state index in [1.54, 1.807) is 31.2 Å².